The molecule has 1 aromatic rings. The monoisotopic (exact) mass is 381 g/mol. The van der Waals surface area contributed by atoms with Gasteiger partial charge in [0.1, 0.15) is 0 Å². The summed E-state index contributed by atoms with van der Waals surface area (Å²) in [5.74, 6) is -0.113. The Morgan fingerprint density at radius 2 is 2.11 bits per heavy atom. The van der Waals surface area contributed by atoms with E-state index in [0.29, 0.717) is 23.7 Å². The minimum atomic E-state index is -0.904. The van der Waals surface area contributed by atoms with Crippen LogP contribution in [0.3, 0.4) is 0 Å². The minimum absolute atomic E-state index is 0.113. The molecule has 3 nitrogen and oxygen atoms in total. The van der Waals surface area contributed by atoms with Crippen LogP contribution in [0, 0.1) is 3.57 Å². The molecule has 0 unspecified atom stereocenters. The largest absolute Gasteiger partial charge is 0.389 e. The van der Waals surface area contributed by atoms with E-state index in [1.54, 1.807) is 30.9 Å². The lowest BCUT2D eigenvalue weighted by Gasteiger charge is -2.28. The van der Waals surface area contributed by atoms with Crippen LogP contribution in [0.2, 0.25) is 5.02 Å². The predicted octanol–water partition coefficient (Wildman–Crippen LogP) is 3.18. The third kappa shape index (κ3) is 4.40. The van der Waals surface area contributed by atoms with E-state index in [1.165, 1.54) is 0 Å². The molecule has 1 rings (SSSR count). The Morgan fingerprint density at radius 3 is 2.56 bits per heavy atom. The van der Waals surface area contributed by atoms with Gasteiger partial charge in [-0.1, -0.05) is 11.6 Å². The number of benzene rings is 1. The second-order valence-corrected chi connectivity index (χ2v) is 6.33. The first-order valence-electron chi connectivity index (χ1n) is 5.71. The molecule has 1 N–H and O–H groups in total. The van der Waals surface area contributed by atoms with E-state index in [9.17, 15) is 9.90 Å². The highest BCUT2D eigenvalue weighted by Gasteiger charge is 2.22. The molecule has 0 aliphatic carbocycles. The highest BCUT2D eigenvalue weighted by Crippen LogP contribution is 2.21. The van der Waals surface area contributed by atoms with Gasteiger partial charge in [-0.15, -0.1) is 0 Å². The molecule has 0 heterocycles. The van der Waals surface area contributed by atoms with Crippen molar-refractivity contribution in [1.29, 1.82) is 0 Å². The summed E-state index contributed by atoms with van der Waals surface area (Å²) in [7, 11) is 0. The van der Waals surface area contributed by atoms with E-state index in [-0.39, 0.29) is 5.91 Å². The Kier molecular flexibility index (Phi) is 5.43. The molecular formula is C13H17ClINO2. The third-order valence-corrected chi connectivity index (χ3v) is 3.99. The summed E-state index contributed by atoms with van der Waals surface area (Å²) in [6.07, 6.45) is 0. The van der Waals surface area contributed by atoms with Crippen LogP contribution in [-0.2, 0) is 0 Å². The molecule has 0 radical (unpaired) electrons. The molecule has 5 heteroatoms. The van der Waals surface area contributed by atoms with Gasteiger partial charge in [-0.2, -0.15) is 0 Å². The van der Waals surface area contributed by atoms with Gasteiger partial charge in [-0.05, 0) is 61.6 Å². The molecular weight excluding hydrogens is 365 g/mol. The van der Waals surface area contributed by atoms with Gasteiger partial charge in [0.15, 0.2) is 0 Å². The standard InChI is InChI=1S/C13H17ClINO2/c1-4-16(8-13(2,3)18)12(17)9-5-6-11(15)10(14)7-9/h5-7,18H,4,8H2,1-3H3. The summed E-state index contributed by atoms with van der Waals surface area (Å²) < 4.78 is 0.913. The average Bonchev–Trinajstić information content (AvgIpc) is 2.27. The highest BCUT2D eigenvalue weighted by atomic mass is 127. The molecule has 0 fully saturated rings. The molecule has 1 aromatic carbocycles. The summed E-state index contributed by atoms with van der Waals surface area (Å²) in [6.45, 7) is 6.10. The van der Waals surface area contributed by atoms with Crippen molar-refractivity contribution in [2.75, 3.05) is 13.1 Å². The Morgan fingerprint density at radius 1 is 1.50 bits per heavy atom. The van der Waals surface area contributed by atoms with Crippen LogP contribution >= 0.6 is 34.2 Å². The first kappa shape index (κ1) is 15.7. The van der Waals surface area contributed by atoms with Gasteiger partial charge in [0, 0.05) is 22.2 Å². The number of likely N-dealkylation sites (N-methyl/N-ethyl adjacent to an activating group) is 1. The summed E-state index contributed by atoms with van der Waals surface area (Å²) in [5, 5.41) is 10.4. The van der Waals surface area contributed by atoms with Gasteiger partial charge < -0.3 is 10.0 Å². The van der Waals surface area contributed by atoms with Crippen molar-refractivity contribution >= 4 is 40.1 Å². The maximum atomic E-state index is 12.3. The maximum Gasteiger partial charge on any atom is 0.253 e. The lowest BCUT2D eigenvalue weighted by molar-refractivity contribution is 0.0314. The van der Waals surface area contributed by atoms with Crippen molar-refractivity contribution in [3.63, 3.8) is 0 Å². The fraction of sp³-hybridized carbons (Fsp3) is 0.462. The Bertz CT molecular complexity index is 443. The summed E-state index contributed by atoms with van der Waals surface area (Å²) in [6, 6.07) is 5.23. The van der Waals surface area contributed by atoms with Gasteiger partial charge >= 0.3 is 0 Å². The Balaban J connectivity index is 2.93. The fourth-order valence-corrected chi connectivity index (χ4v) is 2.12. The first-order chi connectivity index (χ1) is 8.24. The molecule has 100 valence electrons. The third-order valence-electron chi connectivity index (χ3n) is 2.41. The zero-order valence-corrected chi connectivity index (χ0v) is 13.6. The number of carbonyl (C=O) groups is 1. The predicted molar refractivity (Wildman–Crippen MR) is 82.0 cm³/mol. The number of amides is 1. The lowest BCUT2D eigenvalue weighted by Crippen LogP contribution is -2.42. The van der Waals surface area contributed by atoms with Crippen LogP contribution < -0.4 is 0 Å². The van der Waals surface area contributed by atoms with Crippen LogP contribution in [0.25, 0.3) is 0 Å². The van der Waals surface area contributed by atoms with Crippen molar-refractivity contribution in [1.82, 2.24) is 4.90 Å². The molecule has 0 saturated heterocycles. The van der Waals surface area contributed by atoms with E-state index in [1.807, 2.05) is 13.0 Å². The summed E-state index contributed by atoms with van der Waals surface area (Å²) in [4.78, 5) is 13.9. The Labute approximate surface area is 126 Å². The van der Waals surface area contributed by atoms with Gasteiger partial charge in [0.2, 0.25) is 0 Å². The van der Waals surface area contributed by atoms with Crippen LogP contribution in [0.1, 0.15) is 31.1 Å². The zero-order chi connectivity index (χ0) is 13.9. The maximum absolute atomic E-state index is 12.3. The van der Waals surface area contributed by atoms with Gasteiger partial charge in [0.25, 0.3) is 5.91 Å². The molecule has 18 heavy (non-hydrogen) atoms. The number of hydrogen-bond acceptors (Lipinski definition) is 2. The lowest BCUT2D eigenvalue weighted by atomic mass is 10.1. The van der Waals surface area contributed by atoms with E-state index < -0.39 is 5.60 Å². The summed E-state index contributed by atoms with van der Waals surface area (Å²) >= 11 is 8.13. The van der Waals surface area contributed by atoms with Gasteiger partial charge in [-0.25, -0.2) is 0 Å². The molecule has 0 aliphatic heterocycles. The number of aliphatic hydroxyl groups is 1. The van der Waals surface area contributed by atoms with Crippen LogP contribution in [0.4, 0.5) is 0 Å². The quantitative estimate of drug-likeness (QED) is 0.814. The van der Waals surface area contributed by atoms with Crippen molar-refractivity contribution in [3.8, 4) is 0 Å². The van der Waals surface area contributed by atoms with E-state index >= 15 is 0 Å². The summed E-state index contributed by atoms with van der Waals surface area (Å²) in [5.41, 5.74) is -0.356. The van der Waals surface area contributed by atoms with Gasteiger partial charge in [0.05, 0.1) is 10.6 Å². The molecule has 1 amide bonds. The second-order valence-electron chi connectivity index (χ2n) is 4.76. The van der Waals surface area contributed by atoms with Crippen LogP contribution in [0.15, 0.2) is 18.2 Å². The number of nitrogens with zero attached hydrogens (tertiary/aromatic N) is 1. The van der Waals surface area contributed by atoms with E-state index in [4.69, 9.17) is 11.6 Å². The molecule has 0 saturated carbocycles. The molecule has 0 spiro atoms. The zero-order valence-electron chi connectivity index (χ0n) is 10.7. The SMILES string of the molecule is CCN(CC(C)(C)O)C(=O)c1ccc(I)c(Cl)c1. The number of rotatable bonds is 4. The molecule has 0 aliphatic rings. The number of halogens is 2. The fourth-order valence-electron chi connectivity index (χ4n) is 1.61. The smallest absolute Gasteiger partial charge is 0.253 e. The number of carbonyl (C=O) groups excluding carboxylic acids is 1. The van der Waals surface area contributed by atoms with Crippen LogP contribution in [-0.4, -0.2) is 34.6 Å². The normalized spacial score (nSPS) is 11.4. The Hall–Kier alpha value is -0.330. The molecule has 0 atom stereocenters. The minimum Gasteiger partial charge on any atom is -0.389 e. The molecule has 0 bridgehead atoms. The van der Waals surface area contributed by atoms with Crippen molar-refractivity contribution < 1.29 is 9.90 Å². The van der Waals surface area contributed by atoms with Crippen LogP contribution in [0.5, 0.6) is 0 Å². The highest BCUT2D eigenvalue weighted by molar-refractivity contribution is 14.1. The van der Waals surface area contributed by atoms with Crippen molar-refractivity contribution in [2.45, 2.75) is 26.4 Å². The van der Waals surface area contributed by atoms with Crippen molar-refractivity contribution in [3.05, 3.63) is 32.4 Å². The first-order valence-corrected chi connectivity index (χ1v) is 7.17. The average molecular weight is 382 g/mol. The topological polar surface area (TPSA) is 40.5 Å². The van der Waals surface area contributed by atoms with Crippen molar-refractivity contribution in [2.24, 2.45) is 0 Å². The van der Waals surface area contributed by atoms with E-state index in [2.05, 4.69) is 22.6 Å². The molecule has 0 aromatic heterocycles. The second kappa shape index (κ2) is 6.21. The number of hydrogen-bond donors (Lipinski definition) is 1. The van der Waals surface area contributed by atoms with E-state index in [0.717, 1.165) is 3.57 Å². The van der Waals surface area contributed by atoms with Gasteiger partial charge in [-0.3, -0.25) is 4.79 Å².